The van der Waals surface area contributed by atoms with Crippen LogP contribution in [0.15, 0.2) is 18.3 Å². The monoisotopic (exact) mass is 262 g/mol. The Morgan fingerprint density at radius 3 is 2.58 bits per heavy atom. The molecule has 0 bridgehead atoms. The Morgan fingerprint density at radius 1 is 1.32 bits per heavy atom. The molecule has 3 heteroatoms. The van der Waals surface area contributed by atoms with E-state index in [1.54, 1.807) is 0 Å². The van der Waals surface area contributed by atoms with Crippen molar-refractivity contribution in [2.45, 2.75) is 64.5 Å². The standard InChI is InChI=1S/C16H26N2O/c1-3-13-4-7-15(8-5-13)19-16-9-6-14(18-11-16)10-12(2)17/h6,9,11-13,15H,3-5,7-8,10,17H2,1-2H3. The van der Waals surface area contributed by atoms with Crippen molar-refractivity contribution in [3.8, 4) is 5.75 Å². The van der Waals surface area contributed by atoms with Crippen LogP contribution in [0.5, 0.6) is 5.75 Å². The molecule has 1 heterocycles. The number of ether oxygens (including phenoxy) is 1. The van der Waals surface area contributed by atoms with Gasteiger partial charge < -0.3 is 10.5 Å². The molecular weight excluding hydrogens is 236 g/mol. The Labute approximate surface area is 116 Å². The van der Waals surface area contributed by atoms with Gasteiger partial charge in [-0.15, -0.1) is 0 Å². The Bertz CT molecular complexity index is 367. The van der Waals surface area contributed by atoms with Gasteiger partial charge in [0.15, 0.2) is 0 Å². The van der Waals surface area contributed by atoms with E-state index in [1.807, 2.05) is 25.3 Å². The topological polar surface area (TPSA) is 48.1 Å². The maximum Gasteiger partial charge on any atom is 0.138 e. The molecular formula is C16H26N2O. The van der Waals surface area contributed by atoms with Crippen molar-refractivity contribution < 1.29 is 4.74 Å². The molecule has 2 rings (SSSR count). The zero-order chi connectivity index (χ0) is 13.7. The van der Waals surface area contributed by atoms with Crippen molar-refractivity contribution in [2.24, 2.45) is 11.7 Å². The number of hydrogen-bond acceptors (Lipinski definition) is 3. The molecule has 0 radical (unpaired) electrons. The molecule has 1 aromatic rings. The summed E-state index contributed by atoms with van der Waals surface area (Å²) in [5.74, 6) is 1.81. The number of aromatic nitrogens is 1. The average molecular weight is 262 g/mol. The minimum absolute atomic E-state index is 0.156. The summed E-state index contributed by atoms with van der Waals surface area (Å²) in [5.41, 5.74) is 6.81. The van der Waals surface area contributed by atoms with E-state index in [-0.39, 0.29) is 6.04 Å². The Kier molecular flexibility index (Phi) is 5.20. The van der Waals surface area contributed by atoms with Crippen LogP contribution in [0, 0.1) is 5.92 Å². The van der Waals surface area contributed by atoms with Gasteiger partial charge in [0.1, 0.15) is 5.75 Å². The van der Waals surface area contributed by atoms with Crippen molar-refractivity contribution in [3.63, 3.8) is 0 Å². The fourth-order valence-corrected chi connectivity index (χ4v) is 2.78. The van der Waals surface area contributed by atoms with E-state index in [0.717, 1.165) is 23.8 Å². The molecule has 0 aromatic carbocycles. The molecule has 19 heavy (non-hydrogen) atoms. The number of rotatable bonds is 5. The normalized spacial score (nSPS) is 25.0. The van der Waals surface area contributed by atoms with Gasteiger partial charge in [-0.3, -0.25) is 4.98 Å². The molecule has 1 fully saturated rings. The zero-order valence-corrected chi connectivity index (χ0v) is 12.1. The largest absolute Gasteiger partial charge is 0.489 e. The molecule has 0 amide bonds. The van der Waals surface area contributed by atoms with Crippen LogP contribution in [0.1, 0.15) is 51.6 Å². The van der Waals surface area contributed by atoms with Crippen LogP contribution in [0.4, 0.5) is 0 Å². The molecule has 3 nitrogen and oxygen atoms in total. The Morgan fingerprint density at radius 2 is 2.05 bits per heavy atom. The summed E-state index contributed by atoms with van der Waals surface area (Å²) in [6.07, 6.45) is 9.31. The Balaban J connectivity index is 1.83. The third-order valence-electron chi connectivity index (χ3n) is 4.00. The van der Waals surface area contributed by atoms with Crippen LogP contribution in [-0.2, 0) is 6.42 Å². The van der Waals surface area contributed by atoms with Gasteiger partial charge >= 0.3 is 0 Å². The minimum atomic E-state index is 0.156. The fourth-order valence-electron chi connectivity index (χ4n) is 2.78. The molecule has 2 N–H and O–H groups in total. The van der Waals surface area contributed by atoms with Crippen LogP contribution in [-0.4, -0.2) is 17.1 Å². The summed E-state index contributed by atoms with van der Waals surface area (Å²) >= 11 is 0. The average Bonchev–Trinajstić information content (AvgIpc) is 2.41. The predicted octanol–water partition coefficient (Wildman–Crippen LogP) is 3.32. The summed E-state index contributed by atoms with van der Waals surface area (Å²) in [4.78, 5) is 4.41. The highest BCUT2D eigenvalue weighted by Crippen LogP contribution is 2.29. The lowest BCUT2D eigenvalue weighted by Gasteiger charge is -2.28. The second kappa shape index (κ2) is 6.90. The van der Waals surface area contributed by atoms with Crippen molar-refractivity contribution in [2.75, 3.05) is 0 Å². The first-order chi connectivity index (χ1) is 9.17. The first-order valence-corrected chi connectivity index (χ1v) is 7.54. The quantitative estimate of drug-likeness (QED) is 0.885. The van der Waals surface area contributed by atoms with Gasteiger partial charge in [-0.05, 0) is 50.7 Å². The first kappa shape index (κ1) is 14.3. The highest BCUT2D eigenvalue weighted by molar-refractivity contribution is 5.20. The number of pyridine rings is 1. The van der Waals surface area contributed by atoms with Crippen molar-refractivity contribution >= 4 is 0 Å². The third kappa shape index (κ3) is 4.50. The number of nitrogens with two attached hydrogens (primary N) is 1. The Hall–Kier alpha value is -1.09. The summed E-state index contributed by atoms with van der Waals surface area (Å²) in [6, 6.07) is 4.20. The predicted molar refractivity (Wildman–Crippen MR) is 78.3 cm³/mol. The van der Waals surface area contributed by atoms with Gasteiger partial charge in [-0.2, -0.15) is 0 Å². The maximum absolute atomic E-state index is 6.01. The van der Waals surface area contributed by atoms with E-state index in [1.165, 1.54) is 32.1 Å². The van der Waals surface area contributed by atoms with Crippen LogP contribution in [0.2, 0.25) is 0 Å². The molecule has 1 saturated carbocycles. The van der Waals surface area contributed by atoms with Crippen LogP contribution < -0.4 is 10.5 Å². The smallest absolute Gasteiger partial charge is 0.138 e. The molecule has 1 atom stereocenters. The lowest BCUT2D eigenvalue weighted by Crippen LogP contribution is -2.24. The number of nitrogens with zero attached hydrogens (tertiary/aromatic N) is 1. The van der Waals surface area contributed by atoms with E-state index in [0.29, 0.717) is 6.10 Å². The maximum atomic E-state index is 6.01. The van der Waals surface area contributed by atoms with Crippen LogP contribution in [0.25, 0.3) is 0 Å². The second-order valence-electron chi connectivity index (χ2n) is 5.84. The van der Waals surface area contributed by atoms with Gasteiger partial charge in [0.2, 0.25) is 0 Å². The molecule has 106 valence electrons. The summed E-state index contributed by atoms with van der Waals surface area (Å²) in [5, 5.41) is 0. The van der Waals surface area contributed by atoms with E-state index in [9.17, 15) is 0 Å². The lowest BCUT2D eigenvalue weighted by atomic mass is 9.86. The van der Waals surface area contributed by atoms with E-state index >= 15 is 0 Å². The SMILES string of the molecule is CCC1CCC(Oc2ccc(CC(C)N)nc2)CC1. The van der Waals surface area contributed by atoms with Gasteiger partial charge in [-0.1, -0.05) is 13.3 Å². The second-order valence-corrected chi connectivity index (χ2v) is 5.84. The van der Waals surface area contributed by atoms with Crippen LogP contribution in [0.3, 0.4) is 0 Å². The molecule has 1 aliphatic rings. The molecule has 1 unspecified atom stereocenters. The zero-order valence-electron chi connectivity index (χ0n) is 12.1. The third-order valence-corrected chi connectivity index (χ3v) is 4.00. The fraction of sp³-hybridized carbons (Fsp3) is 0.688. The molecule has 0 aliphatic heterocycles. The van der Waals surface area contributed by atoms with Gasteiger partial charge in [0, 0.05) is 18.2 Å². The number of hydrogen-bond donors (Lipinski definition) is 1. The van der Waals surface area contributed by atoms with Crippen molar-refractivity contribution in [1.29, 1.82) is 0 Å². The minimum Gasteiger partial charge on any atom is -0.489 e. The van der Waals surface area contributed by atoms with E-state index in [2.05, 4.69) is 11.9 Å². The summed E-state index contributed by atoms with van der Waals surface area (Å²) in [7, 11) is 0. The summed E-state index contributed by atoms with van der Waals surface area (Å²) in [6.45, 7) is 4.28. The van der Waals surface area contributed by atoms with E-state index < -0.39 is 0 Å². The molecule has 1 aliphatic carbocycles. The van der Waals surface area contributed by atoms with Gasteiger partial charge in [0.25, 0.3) is 0 Å². The van der Waals surface area contributed by atoms with Gasteiger partial charge in [0.05, 0.1) is 12.3 Å². The first-order valence-electron chi connectivity index (χ1n) is 7.54. The summed E-state index contributed by atoms with van der Waals surface area (Å²) < 4.78 is 6.01. The highest BCUT2D eigenvalue weighted by Gasteiger charge is 2.21. The molecule has 1 aromatic heterocycles. The molecule has 0 saturated heterocycles. The highest BCUT2D eigenvalue weighted by atomic mass is 16.5. The van der Waals surface area contributed by atoms with Crippen LogP contribution >= 0.6 is 0 Å². The lowest BCUT2D eigenvalue weighted by molar-refractivity contribution is 0.129. The van der Waals surface area contributed by atoms with Crippen molar-refractivity contribution in [1.82, 2.24) is 4.98 Å². The van der Waals surface area contributed by atoms with Gasteiger partial charge in [-0.25, -0.2) is 0 Å². The molecule has 0 spiro atoms. The van der Waals surface area contributed by atoms with Crippen molar-refractivity contribution in [3.05, 3.63) is 24.0 Å². The van der Waals surface area contributed by atoms with E-state index in [4.69, 9.17) is 10.5 Å².